The van der Waals surface area contributed by atoms with Gasteiger partial charge in [0.1, 0.15) is 11.4 Å². The van der Waals surface area contributed by atoms with Gasteiger partial charge in [0.25, 0.3) is 8.08 Å². The van der Waals surface area contributed by atoms with Crippen molar-refractivity contribution in [2.75, 3.05) is 0 Å². The summed E-state index contributed by atoms with van der Waals surface area (Å²) in [5, 5.41) is 10.3. The van der Waals surface area contributed by atoms with Crippen molar-refractivity contribution in [2.24, 2.45) is 0 Å². The van der Waals surface area contributed by atoms with E-state index in [-0.39, 0.29) is 0 Å². The fourth-order valence-electron chi connectivity index (χ4n) is 0.705. The fourth-order valence-corrected chi connectivity index (χ4v) is 3.63. The van der Waals surface area contributed by atoms with E-state index in [1.54, 1.807) is 0 Å². The summed E-state index contributed by atoms with van der Waals surface area (Å²) in [6.45, 7) is 0. The molecule has 0 amide bonds. The number of allylic oxidation sites excluding steroid dienone is 1. The van der Waals surface area contributed by atoms with Crippen molar-refractivity contribution >= 4 is 39.6 Å². The molecule has 1 aliphatic rings. The molecule has 0 fully saturated rings. The van der Waals surface area contributed by atoms with Crippen molar-refractivity contribution in [3.8, 4) is 0 Å². The second-order valence-electron chi connectivity index (χ2n) is 2.21. The molecule has 1 N–H and O–H groups in total. The summed E-state index contributed by atoms with van der Waals surface area (Å²) in [6.07, 6.45) is 0.784. The molecule has 78 valence electrons. The third kappa shape index (κ3) is 2.43. The quantitative estimate of drug-likeness (QED) is 0.461. The van der Waals surface area contributed by atoms with Gasteiger partial charge < -0.3 is 5.11 Å². The van der Waals surface area contributed by atoms with E-state index in [1.165, 1.54) is 0 Å². The predicted octanol–water partition coefficient (Wildman–Crippen LogP) is 1.38. The van der Waals surface area contributed by atoms with Gasteiger partial charge in [0, 0.05) is 10.7 Å². The highest BCUT2D eigenvalue weighted by Crippen LogP contribution is 2.33. The molecular formula is C6H4ClFO4S2. The molecular weight excluding hydrogens is 255 g/mol. The highest BCUT2D eigenvalue weighted by molar-refractivity contribution is 8.87. The Bertz CT molecular complexity index is 474. The zero-order valence-corrected chi connectivity index (χ0v) is 8.87. The second-order valence-corrected chi connectivity index (χ2v) is 8.40. The van der Waals surface area contributed by atoms with Crippen LogP contribution in [-0.2, 0) is 12.9 Å². The van der Waals surface area contributed by atoms with Crippen LogP contribution in [0.5, 0.6) is 0 Å². The summed E-state index contributed by atoms with van der Waals surface area (Å²) in [7, 11) is -0.508. The maximum absolute atomic E-state index is 12.8. The van der Waals surface area contributed by atoms with Crippen LogP contribution in [0.2, 0.25) is 0 Å². The van der Waals surface area contributed by atoms with Gasteiger partial charge in [-0.3, -0.25) is 0 Å². The number of hydrogen-bond donors (Lipinski definition) is 1. The first kappa shape index (κ1) is 11.4. The first-order valence-corrected chi connectivity index (χ1v) is 7.33. The van der Waals surface area contributed by atoms with Crippen molar-refractivity contribution in [3.05, 3.63) is 22.9 Å². The molecule has 1 rings (SSSR count). The minimum absolute atomic E-state index is 0.681. The summed E-state index contributed by atoms with van der Waals surface area (Å²) in [6, 6.07) is 0. The largest absolute Gasteiger partial charge is 0.478 e. The molecule has 0 aliphatic carbocycles. The molecule has 0 spiro atoms. The molecule has 1 atom stereocenters. The number of carboxylic acid groups (broad SMARTS) is 1. The summed E-state index contributed by atoms with van der Waals surface area (Å²) >= 11 is 0. The molecule has 4 nitrogen and oxygen atoms in total. The van der Waals surface area contributed by atoms with Crippen LogP contribution in [0.15, 0.2) is 22.9 Å². The Labute approximate surface area is 85.4 Å². The smallest absolute Gasteiger partial charge is 0.339 e. The topological polar surface area (TPSA) is 71.4 Å². The van der Waals surface area contributed by atoms with Gasteiger partial charge in [0.05, 0.1) is 0 Å². The molecule has 0 aromatic carbocycles. The monoisotopic (exact) mass is 258 g/mol. The molecule has 1 unspecified atom stereocenters. The van der Waals surface area contributed by atoms with Crippen LogP contribution >= 0.6 is 20.2 Å². The van der Waals surface area contributed by atoms with Crippen LogP contribution in [0.3, 0.4) is 0 Å². The second kappa shape index (κ2) is 3.84. The number of halogens is 2. The Balaban J connectivity index is 3.28. The van der Waals surface area contributed by atoms with Crippen LogP contribution in [0.4, 0.5) is 4.39 Å². The zero-order chi connectivity index (χ0) is 10.9. The molecule has 1 heterocycles. The van der Waals surface area contributed by atoms with Gasteiger partial charge in [-0.2, -0.15) is 0 Å². The molecule has 0 saturated heterocycles. The first-order valence-electron chi connectivity index (χ1n) is 3.15. The molecule has 0 aromatic rings. The molecule has 1 aliphatic heterocycles. The van der Waals surface area contributed by atoms with Crippen molar-refractivity contribution in [1.29, 1.82) is 0 Å². The van der Waals surface area contributed by atoms with Gasteiger partial charge in [0.15, 0.2) is 0 Å². The van der Waals surface area contributed by atoms with Crippen LogP contribution in [-0.4, -0.2) is 24.9 Å². The lowest BCUT2D eigenvalue weighted by atomic mass is 10.2. The van der Waals surface area contributed by atoms with E-state index in [1.807, 2.05) is 0 Å². The van der Waals surface area contributed by atoms with E-state index in [9.17, 15) is 17.6 Å². The maximum Gasteiger partial charge on any atom is 0.339 e. The van der Waals surface area contributed by atoms with E-state index in [2.05, 4.69) is 0 Å². The summed E-state index contributed by atoms with van der Waals surface area (Å²) in [5.74, 6) is -2.51. The normalized spacial score (nSPS) is 22.0. The third-order valence-corrected chi connectivity index (χ3v) is 5.94. The van der Waals surface area contributed by atoms with E-state index in [4.69, 9.17) is 15.8 Å². The van der Waals surface area contributed by atoms with Gasteiger partial charge in [-0.05, 0) is 26.4 Å². The number of hydrogen-bond acceptors (Lipinski definition) is 3. The highest BCUT2D eigenvalue weighted by atomic mass is 35.8. The third-order valence-electron chi connectivity index (χ3n) is 1.30. The average molecular weight is 259 g/mol. The number of carbonyl (C=O) groups is 1. The summed E-state index contributed by atoms with van der Waals surface area (Å²) in [5.41, 5.74) is -0.681. The van der Waals surface area contributed by atoms with E-state index in [0.717, 1.165) is 16.9 Å². The number of carboxylic acids is 1. The molecule has 14 heavy (non-hydrogen) atoms. The molecule has 0 radical (unpaired) electrons. The van der Waals surface area contributed by atoms with E-state index < -0.39 is 35.0 Å². The van der Waals surface area contributed by atoms with Crippen LogP contribution in [0, 0.1) is 0 Å². The fraction of sp³-hybridized carbons (Fsp3) is 0. The van der Waals surface area contributed by atoms with Crippen molar-refractivity contribution in [1.82, 2.24) is 0 Å². The molecule has 0 saturated carbocycles. The van der Waals surface area contributed by atoms with Gasteiger partial charge in [-0.15, -0.1) is 0 Å². The number of rotatable bonds is 2. The molecule has 8 heteroatoms. The summed E-state index contributed by atoms with van der Waals surface area (Å²) < 4.78 is 34.4. The Hall–Kier alpha value is -0.660. The summed E-state index contributed by atoms with van der Waals surface area (Å²) in [4.78, 5) is 10.4. The van der Waals surface area contributed by atoms with Gasteiger partial charge in [-0.1, -0.05) is 0 Å². The van der Waals surface area contributed by atoms with Crippen LogP contribution in [0.25, 0.3) is 0 Å². The SMILES string of the molecule is O=C(O)C1=CS(S(=O)(=O)Cl)=CC=C1F. The van der Waals surface area contributed by atoms with Crippen LogP contribution in [0.1, 0.15) is 0 Å². The Kier molecular flexibility index (Phi) is 3.13. The lowest BCUT2D eigenvalue weighted by Gasteiger charge is -2.05. The highest BCUT2D eigenvalue weighted by Gasteiger charge is 2.20. The van der Waals surface area contributed by atoms with Gasteiger partial charge >= 0.3 is 5.97 Å². The van der Waals surface area contributed by atoms with E-state index >= 15 is 0 Å². The average Bonchev–Trinajstić information content (AvgIpc) is 2.02. The Morgan fingerprint density at radius 1 is 1.57 bits per heavy atom. The van der Waals surface area contributed by atoms with Crippen molar-refractivity contribution in [2.45, 2.75) is 0 Å². The first-order chi connectivity index (χ1) is 6.32. The minimum atomic E-state index is -3.92. The standard InChI is InChI=1S/C6H4ClFO4S2/c7-14(11,12)13-2-1-5(8)4(3-13)6(9)10/h1-3H,(H,9,10). The molecule has 0 bridgehead atoms. The lowest BCUT2D eigenvalue weighted by Crippen LogP contribution is -2.04. The van der Waals surface area contributed by atoms with Crippen molar-refractivity contribution < 1.29 is 22.7 Å². The Morgan fingerprint density at radius 2 is 2.14 bits per heavy atom. The molecule has 0 aromatic heterocycles. The Morgan fingerprint density at radius 3 is 2.57 bits per heavy atom. The van der Waals surface area contributed by atoms with E-state index in [0.29, 0.717) is 0 Å². The van der Waals surface area contributed by atoms with Crippen molar-refractivity contribution in [3.63, 3.8) is 0 Å². The predicted molar refractivity (Wildman–Crippen MR) is 53.3 cm³/mol. The minimum Gasteiger partial charge on any atom is -0.478 e. The maximum atomic E-state index is 12.8. The zero-order valence-electron chi connectivity index (χ0n) is 6.48. The number of aliphatic carboxylic acids is 1. The lowest BCUT2D eigenvalue weighted by molar-refractivity contribution is -0.132. The van der Waals surface area contributed by atoms with Crippen LogP contribution < -0.4 is 0 Å². The van der Waals surface area contributed by atoms with Gasteiger partial charge in [-0.25, -0.2) is 17.6 Å². The van der Waals surface area contributed by atoms with Gasteiger partial charge in [0.2, 0.25) is 0 Å².